The fourth-order valence-electron chi connectivity index (χ4n) is 6.60. The van der Waals surface area contributed by atoms with Gasteiger partial charge < -0.3 is 19.2 Å². The van der Waals surface area contributed by atoms with Crippen molar-refractivity contribution in [2.24, 2.45) is 25.8 Å². The smallest absolute Gasteiger partial charge is 0.306 e. The normalized spacial score (nSPS) is 22.8. The maximum Gasteiger partial charge on any atom is 0.306 e. The first kappa shape index (κ1) is 36.8. The number of esters is 3. The van der Waals surface area contributed by atoms with Crippen LogP contribution in [0.5, 0.6) is 0 Å². The van der Waals surface area contributed by atoms with Gasteiger partial charge in [0.2, 0.25) is 0 Å². The molecule has 4 heterocycles. The van der Waals surface area contributed by atoms with E-state index in [1.165, 1.54) is 33.1 Å². The highest BCUT2D eigenvalue weighted by molar-refractivity contribution is 8.13. The summed E-state index contributed by atoms with van der Waals surface area (Å²) >= 11 is 1.54. The minimum Gasteiger partial charge on any atom is -0.469 e. The molecule has 1 N–H and O–H groups in total. The number of carbonyl (C=O) groups is 3. The molecule has 48 heavy (non-hydrogen) atoms. The van der Waals surface area contributed by atoms with Gasteiger partial charge in [0.1, 0.15) is 0 Å². The van der Waals surface area contributed by atoms with Crippen LogP contribution in [0, 0.1) is 17.8 Å². The van der Waals surface area contributed by atoms with E-state index in [1.807, 2.05) is 46.1 Å². The highest BCUT2D eigenvalue weighted by Crippen LogP contribution is 2.43. The summed E-state index contributed by atoms with van der Waals surface area (Å²) in [4.78, 5) is 55.1. The molecule has 0 saturated heterocycles. The summed E-state index contributed by atoms with van der Waals surface area (Å²) in [6.07, 6.45) is 11.1. The third-order valence-corrected chi connectivity index (χ3v) is 10.3. The molecule has 1 aromatic rings. The molecular formula is C37H48N4O6S. The van der Waals surface area contributed by atoms with E-state index in [0.29, 0.717) is 19.3 Å². The molecule has 0 aromatic carbocycles. The van der Waals surface area contributed by atoms with Crippen LogP contribution in [0.2, 0.25) is 0 Å². The Labute approximate surface area is 288 Å². The number of methoxy groups -OCH3 is 3. The highest BCUT2D eigenvalue weighted by atomic mass is 32.2. The first-order chi connectivity index (χ1) is 22.6. The summed E-state index contributed by atoms with van der Waals surface area (Å²) in [5.41, 5.74) is 9.52. The first-order valence-corrected chi connectivity index (χ1v) is 17.4. The second-order valence-electron chi connectivity index (χ2n) is 13.5. The molecule has 0 saturated carbocycles. The van der Waals surface area contributed by atoms with E-state index in [4.69, 9.17) is 29.2 Å². The third-order valence-electron chi connectivity index (χ3n) is 9.31. The first-order valence-electron chi connectivity index (χ1n) is 16.2. The van der Waals surface area contributed by atoms with E-state index in [0.717, 1.165) is 73.6 Å². The lowest BCUT2D eigenvalue weighted by molar-refractivity contribution is -0.142. The molecule has 0 amide bonds. The Morgan fingerprint density at radius 3 is 2.06 bits per heavy atom. The van der Waals surface area contributed by atoms with E-state index in [-0.39, 0.29) is 42.6 Å². The fraction of sp³-hybridized carbons (Fsp3) is 0.514. The Morgan fingerprint density at radius 2 is 1.48 bits per heavy atom. The van der Waals surface area contributed by atoms with Gasteiger partial charge >= 0.3 is 17.9 Å². The van der Waals surface area contributed by atoms with Crippen molar-refractivity contribution >= 4 is 58.3 Å². The highest BCUT2D eigenvalue weighted by Gasteiger charge is 2.39. The van der Waals surface area contributed by atoms with Crippen LogP contribution in [-0.4, -0.2) is 66.9 Å². The van der Waals surface area contributed by atoms with Gasteiger partial charge in [0.25, 0.3) is 0 Å². The van der Waals surface area contributed by atoms with Gasteiger partial charge in [0, 0.05) is 58.6 Å². The maximum absolute atomic E-state index is 12.2. The van der Waals surface area contributed by atoms with Crippen LogP contribution >= 0.6 is 11.8 Å². The average Bonchev–Trinajstić information content (AvgIpc) is 3.69. The lowest BCUT2D eigenvalue weighted by atomic mass is 9.85. The number of aliphatic imine (C=N–C) groups is 3. The number of thioether (sulfide) groups is 1. The maximum atomic E-state index is 12.2. The van der Waals surface area contributed by atoms with Gasteiger partial charge in [-0.25, -0.2) is 4.99 Å². The van der Waals surface area contributed by atoms with E-state index >= 15 is 0 Å². The quantitative estimate of drug-likeness (QED) is 0.192. The van der Waals surface area contributed by atoms with Crippen LogP contribution in [-0.2, 0) is 35.0 Å². The molecule has 0 spiro atoms. The van der Waals surface area contributed by atoms with Gasteiger partial charge in [-0.15, -0.1) is 11.8 Å². The molecule has 3 aliphatic heterocycles. The lowest BCUT2D eigenvalue weighted by Gasteiger charge is -2.22. The van der Waals surface area contributed by atoms with Crippen LogP contribution in [0.3, 0.4) is 0 Å². The molecule has 4 rings (SSSR count). The second kappa shape index (κ2) is 15.1. The molecule has 3 aliphatic rings. The number of nitrogens with one attached hydrogen (secondary N) is 1. The number of ether oxygens (including phenoxy) is 3. The zero-order valence-corrected chi connectivity index (χ0v) is 30.7. The lowest BCUT2D eigenvalue weighted by Crippen LogP contribution is -2.25. The topological polar surface area (TPSA) is 132 Å². The Morgan fingerprint density at radius 1 is 0.833 bits per heavy atom. The second-order valence-corrected chi connectivity index (χ2v) is 14.3. The number of rotatable bonds is 11. The molecule has 0 radical (unpaired) electrons. The number of allylic oxidation sites excluding steroid dienone is 5. The molecule has 11 heteroatoms. The minimum atomic E-state index is -0.450. The Kier molecular flexibility index (Phi) is 11.6. The summed E-state index contributed by atoms with van der Waals surface area (Å²) in [5.74, 6) is -0.856. The van der Waals surface area contributed by atoms with Gasteiger partial charge in [-0.05, 0) is 86.8 Å². The summed E-state index contributed by atoms with van der Waals surface area (Å²) in [6.45, 7) is 12.5. The molecule has 258 valence electrons. The van der Waals surface area contributed by atoms with Crippen molar-refractivity contribution in [2.45, 2.75) is 86.5 Å². The van der Waals surface area contributed by atoms with Crippen LogP contribution in [0.4, 0.5) is 0 Å². The summed E-state index contributed by atoms with van der Waals surface area (Å²) in [5, 5.41) is 0.888. The minimum absolute atomic E-state index is 0.0998. The number of aromatic nitrogens is 1. The van der Waals surface area contributed by atoms with Crippen molar-refractivity contribution in [1.29, 1.82) is 0 Å². The fourth-order valence-corrected chi connectivity index (χ4v) is 7.45. The summed E-state index contributed by atoms with van der Waals surface area (Å²) < 4.78 is 14.9. The number of hydrogen-bond donors (Lipinski definition) is 1. The number of nitrogens with zero attached hydrogens (tertiary/aromatic N) is 3. The standard InChI is InChI=1S/C37H48N4O6S/c1-21-18-36(4,5)31(38-21)17-28-23(3)26(12-14-33(43)46-8)30(41-28)16-29-25(11-13-32(42)45-7)22(2)27(40-29)15-24-19-37(6,20-34(44)47-9)35(39-24)48-10/h15-17,40H,11-14,18-20H2,1-10H3/b24-15-,30-16-,31-17-/t37-/m1/s1. The molecule has 10 nitrogen and oxygen atoms in total. The van der Waals surface area contributed by atoms with Crippen LogP contribution in [0.1, 0.15) is 95.7 Å². The van der Waals surface area contributed by atoms with Gasteiger partial charge in [0.05, 0.1) is 44.2 Å². The summed E-state index contributed by atoms with van der Waals surface area (Å²) in [7, 11) is 4.18. The van der Waals surface area contributed by atoms with Gasteiger partial charge in [-0.3, -0.25) is 24.4 Å². The van der Waals surface area contributed by atoms with Crippen molar-refractivity contribution in [3.63, 3.8) is 0 Å². The van der Waals surface area contributed by atoms with Crippen LogP contribution in [0.25, 0.3) is 12.2 Å². The molecule has 0 fully saturated rings. The Bertz CT molecular complexity index is 1720. The zero-order chi connectivity index (χ0) is 35.4. The van der Waals surface area contributed by atoms with Gasteiger partial charge in [-0.1, -0.05) is 20.8 Å². The molecule has 1 atom stereocenters. The largest absolute Gasteiger partial charge is 0.469 e. The number of carbonyl (C=O) groups excluding carboxylic acids is 3. The molecule has 1 aromatic heterocycles. The van der Waals surface area contributed by atoms with Gasteiger partial charge in [0.15, 0.2) is 0 Å². The zero-order valence-electron chi connectivity index (χ0n) is 29.9. The summed E-state index contributed by atoms with van der Waals surface area (Å²) in [6, 6.07) is 0. The Hall–Kier alpha value is -3.99. The molecule has 0 unspecified atom stereocenters. The predicted molar refractivity (Wildman–Crippen MR) is 193 cm³/mol. The predicted octanol–water partition coefficient (Wildman–Crippen LogP) is 7.34. The van der Waals surface area contributed by atoms with Crippen molar-refractivity contribution in [2.75, 3.05) is 27.6 Å². The molecule has 0 bridgehead atoms. The number of aromatic amines is 1. The number of H-pyrrole nitrogens is 1. The van der Waals surface area contributed by atoms with Crippen molar-refractivity contribution in [3.05, 3.63) is 56.8 Å². The molecular weight excluding hydrogens is 628 g/mol. The van der Waals surface area contributed by atoms with E-state index < -0.39 is 5.41 Å². The Balaban J connectivity index is 1.81. The van der Waals surface area contributed by atoms with Gasteiger partial charge in [-0.2, -0.15) is 0 Å². The van der Waals surface area contributed by atoms with E-state index in [2.05, 4.69) is 24.9 Å². The van der Waals surface area contributed by atoms with Crippen molar-refractivity contribution in [3.8, 4) is 0 Å². The van der Waals surface area contributed by atoms with E-state index in [9.17, 15) is 14.4 Å². The average molecular weight is 677 g/mol. The van der Waals surface area contributed by atoms with Crippen molar-refractivity contribution in [1.82, 2.24) is 4.98 Å². The van der Waals surface area contributed by atoms with E-state index in [1.54, 1.807) is 0 Å². The van der Waals surface area contributed by atoms with Crippen LogP contribution < -0.4 is 0 Å². The molecule has 0 aliphatic carbocycles. The van der Waals surface area contributed by atoms with Crippen molar-refractivity contribution < 1.29 is 28.6 Å². The third kappa shape index (κ3) is 8.17. The number of hydrogen-bond acceptors (Lipinski definition) is 10. The monoisotopic (exact) mass is 676 g/mol. The SMILES string of the molecule is COC(=O)CCC1=C(C)C(/C=C2\N=C(C)CC2(C)C)=NC/1=C\c1[nH]c(/C=C2/C[C@](C)(CC(=O)OC)C(SC)=N2)c(C)c1CCC(=O)OC. The van der Waals surface area contributed by atoms with Crippen LogP contribution in [0.15, 0.2) is 49.3 Å².